The van der Waals surface area contributed by atoms with Crippen LogP contribution in [-0.4, -0.2) is 40.2 Å². The number of ether oxygens (including phenoxy) is 1. The Bertz CT molecular complexity index is 266. The molecule has 0 aromatic carbocycles. The first-order chi connectivity index (χ1) is 7.77. The molecule has 100 valence electrons. The molecule has 0 saturated heterocycles. The highest BCUT2D eigenvalue weighted by atomic mass is 16.6. The summed E-state index contributed by atoms with van der Waals surface area (Å²) in [6, 6.07) is -0.653. The Morgan fingerprint density at radius 3 is 2.35 bits per heavy atom. The zero-order chi connectivity index (χ0) is 13.1. The molecule has 0 spiro atoms. The first-order valence-corrected chi connectivity index (χ1v) is 6.09. The summed E-state index contributed by atoms with van der Waals surface area (Å²) in [5.41, 5.74) is -1.58. The Hall–Kier alpha value is -0.810. The number of carbonyl (C=O) groups excluding carboxylic acids is 1. The van der Waals surface area contributed by atoms with Gasteiger partial charge in [-0.15, -0.1) is 0 Å². The van der Waals surface area contributed by atoms with Crippen molar-refractivity contribution in [1.29, 1.82) is 0 Å². The largest absolute Gasteiger partial charge is 0.444 e. The van der Waals surface area contributed by atoms with Crippen LogP contribution in [0.2, 0.25) is 0 Å². The van der Waals surface area contributed by atoms with E-state index in [0.717, 1.165) is 12.8 Å². The molecule has 0 aliphatic heterocycles. The van der Waals surface area contributed by atoms with Crippen molar-refractivity contribution in [2.24, 2.45) is 0 Å². The van der Waals surface area contributed by atoms with Crippen molar-refractivity contribution in [3.05, 3.63) is 0 Å². The first kappa shape index (κ1) is 14.3. The van der Waals surface area contributed by atoms with Gasteiger partial charge >= 0.3 is 6.09 Å². The zero-order valence-corrected chi connectivity index (χ0v) is 10.8. The second kappa shape index (κ2) is 5.23. The molecular formula is C12H23NO4. The molecule has 1 atom stereocenters. The zero-order valence-electron chi connectivity index (χ0n) is 10.8. The molecule has 3 N–H and O–H groups in total. The summed E-state index contributed by atoms with van der Waals surface area (Å²) in [4.78, 5) is 11.6. The molecule has 0 heterocycles. The summed E-state index contributed by atoms with van der Waals surface area (Å²) < 4.78 is 5.10. The van der Waals surface area contributed by atoms with Crippen LogP contribution in [0.25, 0.3) is 0 Å². The highest BCUT2D eigenvalue weighted by Crippen LogP contribution is 2.32. The van der Waals surface area contributed by atoms with E-state index in [1.54, 1.807) is 20.8 Å². The van der Waals surface area contributed by atoms with Crippen LogP contribution >= 0.6 is 0 Å². The van der Waals surface area contributed by atoms with Gasteiger partial charge in [-0.05, 0) is 33.6 Å². The molecule has 0 aromatic rings. The number of aliphatic hydroxyl groups excluding tert-OH is 1. The Labute approximate surface area is 102 Å². The summed E-state index contributed by atoms with van der Waals surface area (Å²) >= 11 is 0. The number of carbonyl (C=O) groups is 1. The Balaban J connectivity index is 2.55. The van der Waals surface area contributed by atoms with Gasteiger partial charge in [-0.3, -0.25) is 0 Å². The van der Waals surface area contributed by atoms with Gasteiger partial charge in [0.05, 0.1) is 18.2 Å². The molecule has 0 aromatic heterocycles. The van der Waals surface area contributed by atoms with Gasteiger partial charge in [0.25, 0.3) is 0 Å². The predicted molar refractivity (Wildman–Crippen MR) is 63.7 cm³/mol. The number of amides is 1. The van der Waals surface area contributed by atoms with Gasteiger partial charge in [0, 0.05) is 0 Å². The minimum absolute atomic E-state index is 0.282. The highest BCUT2D eigenvalue weighted by molar-refractivity contribution is 5.68. The number of rotatable bonds is 3. The van der Waals surface area contributed by atoms with E-state index in [9.17, 15) is 15.0 Å². The van der Waals surface area contributed by atoms with Crippen LogP contribution in [0.4, 0.5) is 4.79 Å². The maximum absolute atomic E-state index is 11.6. The maximum atomic E-state index is 11.6. The van der Waals surface area contributed by atoms with E-state index in [0.29, 0.717) is 12.8 Å². The molecule has 1 saturated carbocycles. The van der Waals surface area contributed by atoms with Gasteiger partial charge in [-0.2, -0.15) is 0 Å². The predicted octanol–water partition coefficient (Wildman–Crippen LogP) is 1.18. The van der Waals surface area contributed by atoms with Crippen molar-refractivity contribution >= 4 is 6.09 Å². The first-order valence-electron chi connectivity index (χ1n) is 6.09. The van der Waals surface area contributed by atoms with E-state index < -0.39 is 23.3 Å². The Kier molecular flexibility index (Phi) is 4.38. The molecule has 1 aliphatic carbocycles. The summed E-state index contributed by atoms with van der Waals surface area (Å²) in [7, 11) is 0. The third-order valence-corrected chi connectivity index (χ3v) is 2.99. The van der Waals surface area contributed by atoms with Crippen molar-refractivity contribution in [2.75, 3.05) is 6.61 Å². The van der Waals surface area contributed by atoms with Crippen LogP contribution in [-0.2, 0) is 4.74 Å². The van der Waals surface area contributed by atoms with Crippen LogP contribution in [0.15, 0.2) is 0 Å². The minimum Gasteiger partial charge on any atom is -0.444 e. The average Bonchev–Trinajstić information content (AvgIpc) is 2.59. The summed E-state index contributed by atoms with van der Waals surface area (Å²) in [5.74, 6) is 0. The van der Waals surface area contributed by atoms with Gasteiger partial charge in [-0.1, -0.05) is 12.8 Å². The van der Waals surface area contributed by atoms with E-state index in [1.165, 1.54) is 0 Å². The molecule has 1 aliphatic rings. The van der Waals surface area contributed by atoms with E-state index in [4.69, 9.17) is 4.74 Å². The van der Waals surface area contributed by atoms with Crippen LogP contribution in [0.1, 0.15) is 46.5 Å². The smallest absolute Gasteiger partial charge is 0.408 e. The average molecular weight is 245 g/mol. The fraction of sp³-hybridized carbons (Fsp3) is 0.917. The molecule has 0 bridgehead atoms. The summed E-state index contributed by atoms with van der Waals surface area (Å²) in [6.45, 7) is 5.02. The van der Waals surface area contributed by atoms with Crippen molar-refractivity contribution in [2.45, 2.75) is 63.7 Å². The standard InChI is InChI=1S/C12H23NO4/c1-11(2,3)17-10(15)13-9(8-14)12(16)6-4-5-7-12/h9,14,16H,4-8H2,1-3H3,(H,13,15). The number of nitrogens with one attached hydrogen (secondary N) is 1. The Morgan fingerprint density at radius 2 is 1.94 bits per heavy atom. The van der Waals surface area contributed by atoms with Crippen LogP contribution in [0, 0.1) is 0 Å². The van der Waals surface area contributed by atoms with Crippen molar-refractivity contribution in [1.82, 2.24) is 5.32 Å². The normalized spacial score (nSPS) is 21.0. The second-order valence-corrected chi connectivity index (χ2v) is 5.69. The van der Waals surface area contributed by atoms with Gasteiger partial charge in [0.2, 0.25) is 0 Å². The minimum atomic E-state index is -0.994. The molecule has 1 unspecified atom stereocenters. The molecule has 5 nitrogen and oxygen atoms in total. The lowest BCUT2D eigenvalue weighted by molar-refractivity contribution is -0.0186. The third-order valence-electron chi connectivity index (χ3n) is 2.99. The van der Waals surface area contributed by atoms with Crippen LogP contribution < -0.4 is 5.32 Å². The molecule has 1 rings (SSSR count). The van der Waals surface area contributed by atoms with E-state index in [2.05, 4.69) is 5.32 Å². The van der Waals surface area contributed by atoms with Crippen molar-refractivity contribution in [3.8, 4) is 0 Å². The molecular weight excluding hydrogens is 222 g/mol. The number of aliphatic hydroxyl groups is 2. The van der Waals surface area contributed by atoms with Crippen molar-refractivity contribution < 1.29 is 19.7 Å². The monoisotopic (exact) mass is 245 g/mol. The summed E-state index contributed by atoms with van der Waals surface area (Å²) in [6.07, 6.45) is 2.45. The fourth-order valence-electron chi connectivity index (χ4n) is 2.14. The number of hydrogen-bond acceptors (Lipinski definition) is 4. The maximum Gasteiger partial charge on any atom is 0.408 e. The Morgan fingerprint density at radius 1 is 1.41 bits per heavy atom. The van der Waals surface area contributed by atoms with Crippen molar-refractivity contribution in [3.63, 3.8) is 0 Å². The van der Waals surface area contributed by atoms with E-state index in [-0.39, 0.29) is 6.61 Å². The molecule has 0 radical (unpaired) electrons. The lowest BCUT2D eigenvalue weighted by Gasteiger charge is -2.32. The molecule has 17 heavy (non-hydrogen) atoms. The third kappa shape index (κ3) is 4.16. The lowest BCUT2D eigenvalue weighted by Crippen LogP contribution is -2.54. The van der Waals surface area contributed by atoms with Gasteiger partial charge in [0.1, 0.15) is 5.60 Å². The quantitative estimate of drug-likeness (QED) is 0.697. The topological polar surface area (TPSA) is 78.8 Å². The second-order valence-electron chi connectivity index (χ2n) is 5.69. The van der Waals surface area contributed by atoms with Gasteiger partial charge in [-0.25, -0.2) is 4.79 Å². The molecule has 5 heteroatoms. The highest BCUT2D eigenvalue weighted by Gasteiger charge is 2.40. The molecule has 1 fully saturated rings. The number of hydrogen-bond donors (Lipinski definition) is 3. The van der Waals surface area contributed by atoms with Crippen LogP contribution in [0.3, 0.4) is 0 Å². The fourth-order valence-corrected chi connectivity index (χ4v) is 2.14. The summed E-state index contributed by atoms with van der Waals surface area (Å²) in [5, 5.41) is 22.1. The van der Waals surface area contributed by atoms with Gasteiger partial charge in [0.15, 0.2) is 0 Å². The van der Waals surface area contributed by atoms with E-state index >= 15 is 0 Å². The van der Waals surface area contributed by atoms with Gasteiger partial charge < -0.3 is 20.3 Å². The van der Waals surface area contributed by atoms with Crippen LogP contribution in [0.5, 0.6) is 0 Å². The SMILES string of the molecule is CC(C)(C)OC(=O)NC(CO)C1(O)CCCC1. The lowest BCUT2D eigenvalue weighted by atomic mass is 9.93. The van der Waals surface area contributed by atoms with E-state index in [1.807, 2.05) is 0 Å². The molecule has 1 amide bonds. The number of alkyl carbamates (subject to hydrolysis) is 1.